The lowest BCUT2D eigenvalue weighted by Gasteiger charge is -2.36. The largest absolute Gasteiger partial charge is 0.368 e. The molecule has 5 rings (SSSR count). The van der Waals surface area contributed by atoms with Crippen LogP contribution < -0.4 is 21.0 Å². The average Bonchev–Trinajstić information content (AvgIpc) is 3.27. The van der Waals surface area contributed by atoms with Crippen molar-refractivity contribution in [1.29, 1.82) is 0 Å². The van der Waals surface area contributed by atoms with E-state index in [0.717, 1.165) is 36.7 Å². The summed E-state index contributed by atoms with van der Waals surface area (Å²) in [5.74, 6) is 1.38. The van der Waals surface area contributed by atoms with Crippen LogP contribution in [0.15, 0.2) is 63.5 Å². The van der Waals surface area contributed by atoms with Gasteiger partial charge >= 0.3 is 5.69 Å². The number of nitrogens with zero attached hydrogens (tertiary/aromatic N) is 8. The van der Waals surface area contributed by atoms with Crippen LogP contribution in [0.1, 0.15) is 0 Å². The molecule has 0 atom stereocenters. The molecule has 0 N–H and O–H groups in total. The van der Waals surface area contributed by atoms with Crippen molar-refractivity contribution in [3.63, 3.8) is 0 Å². The van der Waals surface area contributed by atoms with E-state index >= 15 is 0 Å². The first-order valence-electron chi connectivity index (χ1n) is 11.2. The molecule has 1 fully saturated rings. The highest BCUT2D eigenvalue weighted by Crippen LogP contribution is 2.24. The number of piperazine rings is 1. The van der Waals surface area contributed by atoms with E-state index in [2.05, 4.69) is 31.9 Å². The SMILES string of the molecule is Cn1c(=O)c2c(nc(N3CCN(c4ccccc4)CC3)n2CCSc2ncccn2)n(C)c1=O. The highest BCUT2D eigenvalue weighted by molar-refractivity contribution is 7.99. The molecule has 1 aromatic carbocycles. The van der Waals surface area contributed by atoms with Gasteiger partial charge in [0.2, 0.25) is 5.95 Å². The molecule has 176 valence electrons. The number of benzene rings is 1. The number of rotatable bonds is 6. The molecular formula is C23H26N8O2S. The number of thioether (sulfide) groups is 1. The van der Waals surface area contributed by atoms with Gasteiger partial charge in [-0.05, 0) is 18.2 Å². The summed E-state index contributed by atoms with van der Waals surface area (Å²) in [5.41, 5.74) is 1.34. The number of aryl methyl sites for hydroxylation is 2. The number of anilines is 2. The van der Waals surface area contributed by atoms with Gasteiger partial charge in [0.25, 0.3) is 5.56 Å². The Labute approximate surface area is 200 Å². The van der Waals surface area contributed by atoms with E-state index in [1.807, 2.05) is 22.8 Å². The minimum absolute atomic E-state index is 0.333. The fourth-order valence-electron chi connectivity index (χ4n) is 4.28. The monoisotopic (exact) mass is 478 g/mol. The summed E-state index contributed by atoms with van der Waals surface area (Å²) < 4.78 is 4.54. The Morgan fingerprint density at radius 1 is 0.882 bits per heavy atom. The van der Waals surface area contributed by atoms with E-state index in [1.54, 1.807) is 25.5 Å². The fraction of sp³-hybridized carbons (Fsp3) is 0.348. The Balaban J connectivity index is 1.47. The van der Waals surface area contributed by atoms with E-state index < -0.39 is 0 Å². The number of hydrogen-bond acceptors (Lipinski definition) is 8. The molecule has 0 saturated carbocycles. The molecule has 4 heterocycles. The van der Waals surface area contributed by atoms with Crippen molar-refractivity contribution in [2.75, 3.05) is 41.7 Å². The van der Waals surface area contributed by atoms with Crippen molar-refractivity contribution in [2.24, 2.45) is 14.1 Å². The number of para-hydroxylation sites is 1. The second-order valence-corrected chi connectivity index (χ2v) is 9.19. The molecule has 0 unspecified atom stereocenters. The van der Waals surface area contributed by atoms with Crippen molar-refractivity contribution < 1.29 is 0 Å². The van der Waals surface area contributed by atoms with Gasteiger partial charge in [-0.15, -0.1) is 0 Å². The molecule has 10 nitrogen and oxygen atoms in total. The molecule has 0 aliphatic carbocycles. The molecule has 0 amide bonds. The van der Waals surface area contributed by atoms with Crippen LogP contribution in [0.5, 0.6) is 0 Å². The molecule has 1 aliphatic rings. The second-order valence-electron chi connectivity index (χ2n) is 8.13. The predicted octanol–water partition coefficient (Wildman–Crippen LogP) is 1.34. The minimum atomic E-state index is -0.380. The minimum Gasteiger partial charge on any atom is -0.368 e. The normalized spacial score (nSPS) is 14.2. The van der Waals surface area contributed by atoms with Crippen LogP contribution in [0, 0.1) is 0 Å². The van der Waals surface area contributed by atoms with E-state index in [4.69, 9.17) is 4.98 Å². The molecule has 0 radical (unpaired) electrons. The quantitative estimate of drug-likeness (QED) is 0.303. The number of aromatic nitrogens is 6. The van der Waals surface area contributed by atoms with Gasteiger partial charge in [-0.1, -0.05) is 30.0 Å². The molecule has 0 spiro atoms. The third-order valence-corrected chi connectivity index (χ3v) is 6.96. The molecular weight excluding hydrogens is 452 g/mol. The van der Waals surface area contributed by atoms with Crippen molar-refractivity contribution in [3.8, 4) is 0 Å². The lowest BCUT2D eigenvalue weighted by Crippen LogP contribution is -2.47. The van der Waals surface area contributed by atoms with Crippen molar-refractivity contribution in [1.82, 2.24) is 28.7 Å². The van der Waals surface area contributed by atoms with Crippen molar-refractivity contribution in [2.45, 2.75) is 11.7 Å². The Morgan fingerprint density at radius 2 is 1.56 bits per heavy atom. The summed E-state index contributed by atoms with van der Waals surface area (Å²) in [6.45, 7) is 3.76. The Bertz CT molecular complexity index is 1410. The molecule has 34 heavy (non-hydrogen) atoms. The summed E-state index contributed by atoms with van der Waals surface area (Å²) in [5, 5.41) is 0.685. The van der Waals surface area contributed by atoms with Crippen LogP contribution in [-0.2, 0) is 20.6 Å². The maximum absolute atomic E-state index is 13.1. The van der Waals surface area contributed by atoms with E-state index in [0.29, 0.717) is 28.6 Å². The fourth-order valence-corrected chi connectivity index (χ4v) is 5.01. The molecule has 0 bridgehead atoms. The molecule has 1 saturated heterocycles. The number of imidazole rings is 1. The third-order valence-electron chi connectivity index (χ3n) is 6.10. The van der Waals surface area contributed by atoms with Crippen LogP contribution in [0.3, 0.4) is 0 Å². The van der Waals surface area contributed by atoms with Crippen LogP contribution in [0.4, 0.5) is 11.6 Å². The molecule has 3 aromatic heterocycles. The van der Waals surface area contributed by atoms with Crippen LogP contribution in [-0.4, -0.2) is 60.6 Å². The number of fused-ring (bicyclic) bond motifs is 1. The summed E-state index contributed by atoms with van der Waals surface area (Å²) in [7, 11) is 3.16. The van der Waals surface area contributed by atoms with Gasteiger partial charge in [-0.3, -0.25) is 13.9 Å². The zero-order valence-electron chi connectivity index (χ0n) is 19.2. The topological polar surface area (TPSA) is 94.1 Å². The highest BCUT2D eigenvalue weighted by atomic mass is 32.2. The van der Waals surface area contributed by atoms with E-state index in [-0.39, 0.29) is 11.2 Å². The summed E-state index contributed by atoms with van der Waals surface area (Å²) in [4.78, 5) is 43.5. The van der Waals surface area contributed by atoms with Crippen molar-refractivity contribution in [3.05, 3.63) is 69.6 Å². The van der Waals surface area contributed by atoms with Gasteiger partial charge in [0, 0.05) is 70.7 Å². The summed E-state index contributed by atoms with van der Waals surface area (Å²) in [6.07, 6.45) is 3.43. The van der Waals surface area contributed by atoms with Gasteiger partial charge in [0.1, 0.15) is 0 Å². The zero-order valence-corrected chi connectivity index (χ0v) is 20.0. The first-order valence-corrected chi connectivity index (χ1v) is 12.1. The van der Waals surface area contributed by atoms with Gasteiger partial charge in [0.15, 0.2) is 16.3 Å². The lowest BCUT2D eigenvalue weighted by atomic mass is 10.2. The smallest absolute Gasteiger partial charge is 0.332 e. The highest BCUT2D eigenvalue weighted by Gasteiger charge is 2.25. The van der Waals surface area contributed by atoms with Crippen LogP contribution >= 0.6 is 11.8 Å². The molecule has 1 aliphatic heterocycles. The summed E-state index contributed by atoms with van der Waals surface area (Å²) >= 11 is 1.52. The standard InChI is InChI=1S/C23H26N8O2S/c1-27-19-18(20(32)28(2)23(27)33)31(15-16-34-21-24-9-6-10-25-21)22(26-19)30-13-11-29(12-14-30)17-7-4-3-5-8-17/h3-10H,11-16H2,1-2H3. The maximum Gasteiger partial charge on any atom is 0.332 e. The Hall–Kier alpha value is -3.60. The first kappa shape index (κ1) is 22.2. The number of hydrogen-bond donors (Lipinski definition) is 0. The molecule has 4 aromatic rings. The van der Waals surface area contributed by atoms with Crippen LogP contribution in [0.2, 0.25) is 0 Å². The lowest BCUT2D eigenvalue weighted by molar-refractivity contribution is 0.622. The van der Waals surface area contributed by atoms with Gasteiger partial charge in [0.05, 0.1) is 0 Å². The first-order chi connectivity index (χ1) is 16.5. The predicted molar refractivity (Wildman–Crippen MR) is 134 cm³/mol. The van der Waals surface area contributed by atoms with Gasteiger partial charge < -0.3 is 14.4 Å². The van der Waals surface area contributed by atoms with Gasteiger partial charge in [-0.25, -0.2) is 14.8 Å². The van der Waals surface area contributed by atoms with Gasteiger partial charge in [-0.2, -0.15) is 4.98 Å². The van der Waals surface area contributed by atoms with E-state index in [1.165, 1.54) is 29.1 Å². The average molecular weight is 479 g/mol. The second kappa shape index (κ2) is 9.34. The molecule has 11 heteroatoms. The van der Waals surface area contributed by atoms with Crippen LogP contribution in [0.25, 0.3) is 11.2 Å². The Morgan fingerprint density at radius 3 is 2.26 bits per heavy atom. The zero-order chi connectivity index (χ0) is 23.7. The third kappa shape index (κ3) is 4.07. The Kier molecular flexibility index (Phi) is 6.10. The van der Waals surface area contributed by atoms with Crippen molar-refractivity contribution >= 4 is 34.6 Å². The summed E-state index contributed by atoms with van der Waals surface area (Å²) in [6, 6.07) is 12.1. The maximum atomic E-state index is 13.1. The van der Waals surface area contributed by atoms with E-state index in [9.17, 15) is 9.59 Å².